The molecule has 0 spiro atoms. The Morgan fingerprint density at radius 3 is 2.79 bits per heavy atom. The predicted octanol–water partition coefficient (Wildman–Crippen LogP) is 1.16. The van der Waals surface area contributed by atoms with Crippen LogP contribution in [0.25, 0.3) is 0 Å². The van der Waals surface area contributed by atoms with Crippen molar-refractivity contribution in [2.75, 3.05) is 19.8 Å². The first-order valence-corrected chi connectivity index (χ1v) is 5.68. The summed E-state index contributed by atoms with van der Waals surface area (Å²) in [5, 5.41) is 12.5. The van der Waals surface area contributed by atoms with Gasteiger partial charge in [-0.2, -0.15) is 0 Å². The average molecular weight is 201 g/mol. The van der Waals surface area contributed by atoms with E-state index >= 15 is 0 Å². The van der Waals surface area contributed by atoms with Crippen LogP contribution in [0.2, 0.25) is 0 Å². The minimum absolute atomic E-state index is 0.267. The van der Waals surface area contributed by atoms with E-state index in [-0.39, 0.29) is 6.61 Å². The first-order valence-electron chi connectivity index (χ1n) is 5.68. The summed E-state index contributed by atoms with van der Waals surface area (Å²) in [6, 6.07) is 0.911. The smallest absolute Gasteiger partial charge is 0.0619 e. The van der Waals surface area contributed by atoms with Gasteiger partial charge in [0, 0.05) is 25.3 Å². The number of ether oxygens (including phenoxy) is 1. The van der Waals surface area contributed by atoms with Crippen LogP contribution in [-0.2, 0) is 4.74 Å². The highest BCUT2D eigenvalue weighted by molar-refractivity contribution is 4.78. The first kappa shape index (κ1) is 12.0. The second kappa shape index (κ2) is 6.38. The molecule has 3 heteroatoms. The zero-order chi connectivity index (χ0) is 10.4. The molecule has 0 aromatic carbocycles. The molecule has 1 saturated heterocycles. The summed E-state index contributed by atoms with van der Waals surface area (Å²) >= 11 is 0. The predicted molar refractivity (Wildman–Crippen MR) is 57.3 cm³/mol. The molecule has 2 N–H and O–H groups in total. The van der Waals surface area contributed by atoms with E-state index in [4.69, 9.17) is 9.84 Å². The Hall–Kier alpha value is -0.120. The monoisotopic (exact) mass is 201 g/mol. The Morgan fingerprint density at radius 1 is 1.50 bits per heavy atom. The van der Waals surface area contributed by atoms with E-state index in [2.05, 4.69) is 19.2 Å². The number of hydrogen-bond donors (Lipinski definition) is 2. The number of aliphatic hydroxyl groups excluding tert-OH is 1. The standard InChI is InChI=1S/C11H23NO2/c1-9(2)11(5-6-13)12-10-4-3-7-14-8-10/h9-13H,3-8H2,1-2H3. The molecule has 0 bridgehead atoms. The van der Waals surface area contributed by atoms with Crippen LogP contribution < -0.4 is 5.32 Å². The zero-order valence-corrected chi connectivity index (χ0v) is 9.33. The van der Waals surface area contributed by atoms with Crippen LogP contribution in [0.1, 0.15) is 33.1 Å². The zero-order valence-electron chi connectivity index (χ0n) is 9.33. The van der Waals surface area contributed by atoms with Crippen LogP contribution >= 0.6 is 0 Å². The third kappa shape index (κ3) is 3.95. The lowest BCUT2D eigenvalue weighted by Crippen LogP contribution is -2.45. The van der Waals surface area contributed by atoms with Crippen LogP contribution in [0.15, 0.2) is 0 Å². The van der Waals surface area contributed by atoms with Gasteiger partial charge in [-0.25, -0.2) is 0 Å². The van der Waals surface area contributed by atoms with Crippen molar-refractivity contribution in [2.24, 2.45) is 5.92 Å². The fourth-order valence-corrected chi connectivity index (χ4v) is 1.92. The minimum Gasteiger partial charge on any atom is -0.396 e. The Labute approximate surface area is 86.8 Å². The van der Waals surface area contributed by atoms with Crippen LogP contribution in [0.3, 0.4) is 0 Å². The van der Waals surface area contributed by atoms with Crippen molar-refractivity contribution in [2.45, 2.75) is 45.2 Å². The molecule has 2 unspecified atom stereocenters. The molecule has 1 fully saturated rings. The van der Waals surface area contributed by atoms with E-state index < -0.39 is 0 Å². The lowest BCUT2D eigenvalue weighted by atomic mass is 9.99. The average Bonchev–Trinajstić information content (AvgIpc) is 2.18. The summed E-state index contributed by atoms with van der Waals surface area (Å²) in [6.45, 7) is 6.39. The van der Waals surface area contributed by atoms with Crippen LogP contribution in [0, 0.1) is 5.92 Å². The van der Waals surface area contributed by atoms with Crippen molar-refractivity contribution < 1.29 is 9.84 Å². The summed E-state index contributed by atoms with van der Waals surface area (Å²) in [4.78, 5) is 0. The Kier molecular flexibility index (Phi) is 5.45. The summed E-state index contributed by atoms with van der Waals surface area (Å²) in [5.41, 5.74) is 0. The normalized spacial score (nSPS) is 25.3. The Bertz CT molecular complexity index is 144. The summed E-state index contributed by atoms with van der Waals surface area (Å²) in [5.74, 6) is 0.573. The van der Waals surface area contributed by atoms with Gasteiger partial charge >= 0.3 is 0 Å². The molecule has 1 rings (SSSR count). The van der Waals surface area contributed by atoms with Crippen molar-refractivity contribution in [3.05, 3.63) is 0 Å². The lowest BCUT2D eigenvalue weighted by molar-refractivity contribution is 0.0619. The molecule has 14 heavy (non-hydrogen) atoms. The third-order valence-corrected chi connectivity index (χ3v) is 2.85. The van der Waals surface area contributed by atoms with E-state index in [1.807, 2.05) is 0 Å². The van der Waals surface area contributed by atoms with Gasteiger partial charge in [0.15, 0.2) is 0 Å². The SMILES string of the molecule is CC(C)C(CCO)NC1CCCOC1. The lowest BCUT2D eigenvalue weighted by Gasteiger charge is -2.30. The molecular formula is C11H23NO2. The maximum atomic E-state index is 8.94. The molecule has 0 radical (unpaired) electrons. The van der Waals surface area contributed by atoms with Gasteiger partial charge in [0.25, 0.3) is 0 Å². The van der Waals surface area contributed by atoms with E-state index in [1.54, 1.807) is 0 Å². The molecule has 84 valence electrons. The topological polar surface area (TPSA) is 41.5 Å². The maximum Gasteiger partial charge on any atom is 0.0619 e. The van der Waals surface area contributed by atoms with Crippen molar-refractivity contribution in [1.29, 1.82) is 0 Å². The Balaban J connectivity index is 2.29. The molecule has 0 saturated carbocycles. The van der Waals surface area contributed by atoms with Gasteiger partial charge in [-0.05, 0) is 25.2 Å². The number of aliphatic hydroxyl groups is 1. The molecule has 2 atom stereocenters. The number of hydrogen-bond acceptors (Lipinski definition) is 3. The van der Waals surface area contributed by atoms with Gasteiger partial charge in [0.2, 0.25) is 0 Å². The summed E-state index contributed by atoms with van der Waals surface area (Å²) in [7, 11) is 0. The molecule has 0 aromatic rings. The van der Waals surface area contributed by atoms with Crippen LogP contribution in [-0.4, -0.2) is 37.0 Å². The summed E-state index contributed by atoms with van der Waals surface area (Å²) in [6.07, 6.45) is 3.20. The largest absolute Gasteiger partial charge is 0.396 e. The highest BCUT2D eigenvalue weighted by atomic mass is 16.5. The van der Waals surface area contributed by atoms with E-state index in [0.717, 1.165) is 26.1 Å². The quantitative estimate of drug-likeness (QED) is 0.701. The number of rotatable bonds is 5. The third-order valence-electron chi connectivity index (χ3n) is 2.85. The van der Waals surface area contributed by atoms with Gasteiger partial charge in [-0.15, -0.1) is 0 Å². The van der Waals surface area contributed by atoms with Gasteiger partial charge in [-0.1, -0.05) is 13.8 Å². The van der Waals surface area contributed by atoms with Crippen LogP contribution in [0.5, 0.6) is 0 Å². The van der Waals surface area contributed by atoms with Gasteiger partial charge in [0.05, 0.1) is 6.61 Å². The van der Waals surface area contributed by atoms with Gasteiger partial charge in [0.1, 0.15) is 0 Å². The molecule has 0 amide bonds. The highest BCUT2D eigenvalue weighted by Crippen LogP contribution is 2.11. The maximum absolute atomic E-state index is 8.94. The molecule has 1 aliphatic rings. The van der Waals surface area contributed by atoms with Crippen LogP contribution in [0.4, 0.5) is 0 Å². The van der Waals surface area contributed by atoms with E-state index in [9.17, 15) is 0 Å². The fraction of sp³-hybridized carbons (Fsp3) is 1.00. The van der Waals surface area contributed by atoms with E-state index in [0.29, 0.717) is 18.0 Å². The van der Waals surface area contributed by atoms with E-state index in [1.165, 1.54) is 6.42 Å². The molecule has 1 aliphatic heterocycles. The molecule has 3 nitrogen and oxygen atoms in total. The molecule has 0 aromatic heterocycles. The molecular weight excluding hydrogens is 178 g/mol. The fourth-order valence-electron chi connectivity index (χ4n) is 1.92. The Morgan fingerprint density at radius 2 is 2.29 bits per heavy atom. The molecule has 0 aliphatic carbocycles. The highest BCUT2D eigenvalue weighted by Gasteiger charge is 2.19. The van der Waals surface area contributed by atoms with Gasteiger partial charge in [-0.3, -0.25) is 0 Å². The minimum atomic E-state index is 0.267. The number of nitrogens with one attached hydrogen (secondary N) is 1. The summed E-state index contributed by atoms with van der Waals surface area (Å²) < 4.78 is 5.42. The van der Waals surface area contributed by atoms with Crippen molar-refractivity contribution in [1.82, 2.24) is 5.32 Å². The van der Waals surface area contributed by atoms with Gasteiger partial charge < -0.3 is 15.2 Å². The second-order valence-electron chi connectivity index (χ2n) is 4.44. The second-order valence-corrected chi connectivity index (χ2v) is 4.44. The van der Waals surface area contributed by atoms with Crippen molar-refractivity contribution in [3.63, 3.8) is 0 Å². The first-order chi connectivity index (χ1) is 6.74. The molecule has 1 heterocycles. The van der Waals surface area contributed by atoms with Crippen molar-refractivity contribution in [3.8, 4) is 0 Å². The van der Waals surface area contributed by atoms with Crippen molar-refractivity contribution >= 4 is 0 Å².